The lowest BCUT2D eigenvalue weighted by Gasteiger charge is -2.18. The number of anilines is 1. The number of rotatable bonds is 4. The van der Waals surface area contributed by atoms with Crippen molar-refractivity contribution in [3.05, 3.63) is 52.7 Å². The van der Waals surface area contributed by atoms with E-state index in [1.807, 2.05) is 6.07 Å². The highest BCUT2D eigenvalue weighted by atomic mass is 35.5. The topological polar surface area (TPSA) is 65.5 Å². The van der Waals surface area contributed by atoms with Crippen molar-refractivity contribution >= 4 is 23.3 Å². The largest absolute Gasteiger partial charge is 0.508 e. The quantitative estimate of drug-likeness (QED) is 0.853. The molecule has 1 aromatic carbocycles. The fourth-order valence-electron chi connectivity index (χ4n) is 1.97. The molecule has 0 aliphatic rings. The maximum atomic E-state index is 12.4. The van der Waals surface area contributed by atoms with Crippen LogP contribution in [0.4, 0.5) is 5.82 Å². The van der Waals surface area contributed by atoms with Crippen molar-refractivity contribution in [3.63, 3.8) is 0 Å². The number of nitrogens with zero attached hydrogens (tertiary/aromatic N) is 2. The second-order valence-corrected chi connectivity index (χ2v) is 5.03. The lowest BCUT2D eigenvalue weighted by atomic mass is 10.2. The minimum Gasteiger partial charge on any atom is -0.508 e. The standard InChI is InChI=1S/C15H16ClN3O2/c1-17-14-8-11(7-13(16)18-14)15(21)19(2)9-10-4-3-5-12(20)6-10/h3-8,20H,9H2,1-2H3,(H,17,18). The third kappa shape index (κ3) is 3.86. The smallest absolute Gasteiger partial charge is 0.254 e. The highest BCUT2D eigenvalue weighted by molar-refractivity contribution is 6.29. The summed E-state index contributed by atoms with van der Waals surface area (Å²) in [5.41, 5.74) is 1.31. The van der Waals surface area contributed by atoms with Crippen LogP contribution >= 0.6 is 11.6 Å². The average molecular weight is 306 g/mol. The molecule has 0 bridgehead atoms. The van der Waals surface area contributed by atoms with E-state index in [1.54, 1.807) is 43.3 Å². The van der Waals surface area contributed by atoms with E-state index >= 15 is 0 Å². The number of carbonyl (C=O) groups excluding carboxylic acids is 1. The highest BCUT2D eigenvalue weighted by Gasteiger charge is 2.14. The summed E-state index contributed by atoms with van der Waals surface area (Å²) < 4.78 is 0. The minimum absolute atomic E-state index is 0.167. The molecule has 0 spiro atoms. The number of amides is 1. The number of phenolic OH excluding ortho intramolecular Hbond substituents is 1. The van der Waals surface area contributed by atoms with E-state index in [0.29, 0.717) is 17.9 Å². The first-order valence-electron chi connectivity index (χ1n) is 6.38. The summed E-state index contributed by atoms with van der Waals surface area (Å²) in [5, 5.41) is 12.6. The Bertz CT molecular complexity index is 661. The number of hydrogen-bond acceptors (Lipinski definition) is 4. The summed E-state index contributed by atoms with van der Waals surface area (Å²) in [7, 11) is 3.41. The molecule has 0 saturated heterocycles. The van der Waals surface area contributed by atoms with E-state index in [9.17, 15) is 9.90 Å². The van der Waals surface area contributed by atoms with Crippen LogP contribution in [0.15, 0.2) is 36.4 Å². The van der Waals surface area contributed by atoms with Crippen LogP contribution in [0.25, 0.3) is 0 Å². The molecule has 1 amide bonds. The fraction of sp³-hybridized carbons (Fsp3) is 0.200. The van der Waals surface area contributed by atoms with Gasteiger partial charge in [-0.3, -0.25) is 4.79 Å². The van der Waals surface area contributed by atoms with Gasteiger partial charge in [0.1, 0.15) is 16.7 Å². The summed E-state index contributed by atoms with van der Waals surface area (Å²) in [6.07, 6.45) is 0. The molecule has 0 aliphatic carbocycles. The van der Waals surface area contributed by atoms with Gasteiger partial charge in [0.2, 0.25) is 0 Å². The van der Waals surface area contributed by atoms with Crippen molar-refractivity contribution in [3.8, 4) is 5.75 Å². The SMILES string of the molecule is CNc1cc(C(=O)N(C)Cc2cccc(O)c2)cc(Cl)n1. The van der Waals surface area contributed by atoms with Crippen LogP contribution in [0, 0.1) is 0 Å². The van der Waals surface area contributed by atoms with Gasteiger partial charge in [-0.2, -0.15) is 0 Å². The van der Waals surface area contributed by atoms with Crippen LogP contribution in [0.1, 0.15) is 15.9 Å². The van der Waals surface area contributed by atoms with Crippen LogP contribution in [0.5, 0.6) is 5.75 Å². The van der Waals surface area contributed by atoms with Gasteiger partial charge in [-0.25, -0.2) is 4.98 Å². The molecule has 110 valence electrons. The van der Waals surface area contributed by atoms with E-state index in [0.717, 1.165) is 5.56 Å². The number of aromatic nitrogens is 1. The maximum Gasteiger partial charge on any atom is 0.254 e. The van der Waals surface area contributed by atoms with E-state index in [4.69, 9.17) is 11.6 Å². The zero-order valence-corrected chi connectivity index (χ0v) is 12.6. The first kappa shape index (κ1) is 15.1. The molecule has 0 fully saturated rings. The molecule has 5 nitrogen and oxygen atoms in total. The molecule has 0 radical (unpaired) electrons. The predicted molar refractivity (Wildman–Crippen MR) is 82.7 cm³/mol. The average Bonchev–Trinajstić information content (AvgIpc) is 2.45. The van der Waals surface area contributed by atoms with Crippen LogP contribution < -0.4 is 5.32 Å². The molecule has 0 aliphatic heterocycles. The molecule has 21 heavy (non-hydrogen) atoms. The molecule has 2 N–H and O–H groups in total. The summed E-state index contributed by atoms with van der Waals surface area (Å²) in [5.74, 6) is 0.550. The molecule has 2 aromatic rings. The Morgan fingerprint density at radius 1 is 1.38 bits per heavy atom. The first-order chi connectivity index (χ1) is 9.99. The number of pyridine rings is 1. The normalized spacial score (nSPS) is 10.2. The number of benzene rings is 1. The molecule has 1 aromatic heterocycles. The molecule has 1 heterocycles. The van der Waals surface area contributed by atoms with Crippen molar-refractivity contribution in [1.82, 2.24) is 9.88 Å². The van der Waals surface area contributed by atoms with Crippen molar-refractivity contribution < 1.29 is 9.90 Å². The van der Waals surface area contributed by atoms with E-state index < -0.39 is 0 Å². The van der Waals surface area contributed by atoms with Crippen LogP contribution in [-0.4, -0.2) is 35.0 Å². The van der Waals surface area contributed by atoms with Crippen molar-refractivity contribution in [2.75, 3.05) is 19.4 Å². The Kier molecular flexibility index (Phi) is 4.65. The number of nitrogens with one attached hydrogen (secondary N) is 1. The van der Waals surface area contributed by atoms with Crippen molar-refractivity contribution in [2.24, 2.45) is 0 Å². The second kappa shape index (κ2) is 6.45. The van der Waals surface area contributed by atoms with Crippen LogP contribution in [0.2, 0.25) is 5.15 Å². The molecule has 0 unspecified atom stereocenters. The Balaban J connectivity index is 2.17. The summed E-state index contributed by atoms with van der Waals surface area (Å²) >= 11 is 5.90. The van der Waals surface area contributed by atoms with Gasteiger partial charge in [-0.1, -0.05) is 23.7 Å². The van der Waals surface area contributed by atoms with Gasteiger partial charge in [0.25, 0.3) is 5.91 Å². The lowest BCUT2D eigenvalue weighted by Crippen LogP contribution is -2.26. The zero-order valence-electron chi connectivity index (χ0n) is 11.8. The monoisotopic (exact) mass is 305 g/mol. The van der Waals surface area contributed by atoms with Crippen molar-refractivity contribution in [1.29, 1.82) is 0 Å². The van der Waals surface area contributed by atoms with Crippen LogP contribution in [-0.2, 0) is 6.54 Å². The number of phenols is 1. The lowest BCUT2D eigenvalue weighted by molar-refractivity contribution is 0.0785. The van der Waals surface area contributed by atoms with Gasteiger partial charge in [0.15, 0.2) is 0 Å². The van der Waals surface area contributed by atoms with Crippen LogP contribution in [0.3, 0.4) is 0 Å². The molecule has 2 rings (SSSR count). The van der Waals surface area contributed by atoms with E-state index in [2.05, 4.69) is 10.3 Å². The number of aromatic hydroxyl groups is 1. The first-order valence-corrected chi connectivity index (χ1v) is 6.76. The van der Waals surface area contributed by atoms with Gasteiger partial charge >= 0.3 is 0 Å². The van der Waals surface area contributed by atoms with Crippen molar-refractivity contribution in [2.45, 2.75) is 6.54 Å². The van der Waals surface area contributed by atoms with E-state index in [1.165, 1.54) is 6.07 Å². The molecule has 0 atom stereocenters. The predicted octanol–water partition coefficient (Wildman–Crippen LogP) is 2.75. The van der Waals surface area contributed by atoms with Gasteiger partial charge in [0.05, 0.1) is 0 Å². The Morgan fingerprint density at radius 2 is 2.14 bits per heavy atom. The molecular formula is C15H16ClN3O2. The maximum absolute atomic E-state index is 12.4. The number of carbonyl (C=O) groups is 1. The third-order valence-corrected chi connectivity index (χ3v) is 3.17. The summed E-state index contributed by atoms with van der Waals surface area (Å²) in [4.78, 5) is 18.0. The fourth-order valence-corrected chi connectivity index (χ4v) is 2.18. The van der Waals surface area contributed by atoms with Gasteiger partial charge < -0.3 is 15.3 Å². The third-order valence-electron chi connectivity index (χ3n) is 2.97. The summed E-state index contributed by atoms with van der Waals surface area (Å²) in [6, 6.07) is 9.99. The van der Waals surface area contributed by atoms with Gasteiger partial charge in [-0.05, 0) is 29.8 Å². The van der Waals surface area contributed by atoms with Gasteiger partial charge in [-0.15, -0.1) is 0 Å². The minimum atomic E-state index is -0.167. The zero-order chi connectivity index (χ0) is 15.4. The Morgan fingerprint density at radius 3 is 2.81 bits per heavy atom. The molecule has 0 saturated carbocycles. The number of hydrogen-bond donors (Lipinski definition) is 2. The Hall–Kier alpha value is -2.27. The molecular weight excluding hydrogens is 290 g/mol. The second-order valence-electron chi connectivity index (χ2n) is 4.64. The summed E-state index contributed by atoms with van der Waals surface area (Å²) in [6.45, 7) is 0.391. The Labute approximate surface area is 128 Å². The van der Waals surface area contributed by atoms with E-state index in [-0.39, 0.29) is 16.8 Å². The van der Waals surface area contributed by atoms with Gasteiger partial charge in [0, 0.05) is 26.2 Å². The highest BCUT2D eigenvalue weighted by Crippen LogP contribution is 2.17. The molecule has 6 heteroatoms. The number of halogens is 1.